The Kier molecular flexibility index (Phi) is 32.4. The quantitative estimate of drug-likeness (QED) is 0.0329. The smallest absolute Gasteiger partial charge is 0.490 e. The molecule has 33 nitrogen and oxygen atoms in total. The number of rotatable bonds is 26. The lowest BCUT2D eigenvalue weighted by Crippen LogP contribution is -2.62. The maximum absolute atomic E-state index is 15.1. The summed E-state index contributed by atoms with van der Waals surface area (Å²) in [6.07, 6.45) is -7.52. The first-order chi connectivity index (χ1) is 48.6. The molecule has 103 heavy (non-hydrogen) atoms. The minimum atomic E-state index is -5.08. The van der Waals surface area contributed by atoms with E-state index in [2.05, 4.69) is 52.8 Å². The normalized spacial score (nSPS) is 21.0. The third-order valence-corrected chi connectivity index (χ3v) is 18.6. The van der Waals surface area contributed by atoms with Crippen LogP contribution in [0.1, 0.15) is 82.4 Å². The van der Waals surface area contributed by atoms with Crippen LogP contribution in [0.3, 0.4) is 0 Å². The van der Waals surface area contributed by atoms with Gasteiger partial charge < -0.3 is 99.8 Å². The van der Waals surface area contributed by atoms with Crippen molar-refractivity contribution in [1.82, 2.24) is 57.7 Å². The minimum absolute atomic E-state index is 0.0402. The third-order valence-electron chi connectivity index (χ3n) is 16.2. The van der Waals surface area contributed by atoms with Gasteiger partial charge in [0.1, 0.15) is 66.2 Å². The molecule has 0 radical (unpaired) electrons. The summed E-state index contributed by atoms with van der Waals surface area (Å²) in [4.78, 5) is 194. The Morgan fingerprint density at radius 3 is 1.79 bits per heavy atom. The van der Waals surface area contributed by atoms with Crippen molar-refractivity contribution in [2.45, 2.75) is 164 Å². The first-order valence-corrected chi connectivity index (χ1v) is 34.8. The van der Waals surface area contributed by atoms with Crippen molar-refractivity contribution in [3.8, 4) is 5.75 Å². The fourth-order valence-corrected chi connectivity index (χ4v) is 13.0. The van der Waals surface area contributed by atoms with Crippen LogP contribution >= 0.6 is 21.6 Å². The Hall–Kier alpha value is -10.1. The Balaban J connectivity index is 0.00000258. The summed E-state index contributed by atoms with van der Waals surface area (Å²) in [5, 5.41) is 81.0. The number of phenolic OH excluding ortho intramolecular Hbond substituents is 1. The van der Waals surface area contributed by atoms with Gasteiger partial charge in [0.25, 0.3) is 0 Å². The lowest BCUT2D eigenvalue weighted by Gasteiger charge is -2.31. The fourth-order valence-electron chi connectivity index (χ4n) is 10.6. The molecule has 3 unspecified atom stereocenters. The van der Waals surface area contributed by atoms with Crippen molar-refractivity contribution in [2.75, 3.05) is 24.6 Å². The molecule has 20 N–H and O–H groups in total. The molecule has 4 aromatic rings. The number of aliphatic carboxylic acids is 4. The number of halogens is 3. The van der Waals surface area contributed by atoms with E-state index in [1.807, 2.05) is 0 Å². The van der Waals surface area contributed by atoms with E-state index in [1.165, 1.54) is 45.0 Å². The number of amides is 10. The highest BCUT2D eigenvalue weighted by Gasteiger charge is 2.43. The summed E-state index contributed by atoms with van der Waals surface area (Å²) in [7, 11) is 1.65. The van der Waals surface area contributed by atoms with Crippen LogP contribution in [0.15, 0.2) is 85.1 Å². The number of hydrogen-bond acceptors (Lipinski definition) is 20. The molecule has 10 amide bonds. The van der Waals surface area contributed by atoms with Gasteiger partial charge in [0.2, 0.25) is 59.1 Å². The number of alkyl halides is 3. The highest BCUT2D eigenvalue weighted by Crippen LogP contribution is 2.26. The van der Waals surface area contributed by atoms with Crippen LogP contribution in [0.5, 0.6) is 5.75 Å². The summed E-state index contributed by atoms with van der Waals surface area (Å²) in [6, 6.07) is 3.54. The van der Waals surface area contributed by atoms with Gasteiger partial charge in [-0.2, -0.15) is 13.2 Å². The molecule has 562 valence electrons. The number of aromatic amines is 1. The number of nitrogens with two attached hydrogens (primary N) is 2. The van der Waals surface area contributed by atoms with Gasteiger partial charge in [-0.3, -0.25) is 57.5 Å². The predicted octanol–water partition coefficient (Wildman–Crippen LogP) is -1.19. The molecule has 3 heterocycles. The second kappa shape index (κ2) is 40.0. The Bertz CT molecular complexity index is 3670. The molecule has 0 bridgehead atoms. The van der Waals surface area contributed by atoms with Crippen LogP contribution < -0.4 is 59.3 Å². The maximum atomic E-state index is 15.1. The van der Waals surface area contributed by atoms with Crippen molar-refractivity contribution in [3.63, 3.8) is 0 Å². The number of likely N-dealkylation sites (tertiary alicyclic amines) is 1. The van der Waals surface area contributed by atoms with E-state index in [-0.39, 0.29) is 70.2 Å². The molecule has 2 saturated heterocycles. The van der Waals surface area contributed by atoms with Crippen LogP contribution in [0.25, 0.3) is 10.9 Å². The number of aliphatic hydroxyl groups excluding tert-OH is 1. The number of phenols is 1. The standard InChI is InChI=1S/C63H83N13O18S2.C2HF3O2/c1-32(2)51(63(93)94)74-60(90)47-31-96-95-30-46(72-58(88)45(28-50(81)82)71-61(91)48-16-10-24-76(48)62(92)52(33(3)77)75-53(83)39(65)21-22-49(79)80)59(89)69-42(25-34-11-5-4-6-12-34)55(85)70-44(27-36-29-66-40-14-8-7-13-38(36)40)57(87)67-41(15-9-23-64)54(84)68-43(56(86)73-47)26-35-17-19-37(78)20-18-35;3-2(4,5)1(6)7/h4-8,11-14,17-20,29,32-33,39,41-48,51-52,66,77-78H,9-10,15-16,21-28,30-31,64-65H2,1-3H3,(H,67,87)(H,68,84)(H,69,89)(H,70,85)(H,71,91)(H,72,88)(H,73,86)(H,74,90)(H,75,83)(H,79,80)(H,81,82)(H,93,94);(H,6,7)/t33-,39+,41+,42?,43?,44+,45+,46?,47+,48+,51+,52+;/m1./s1. The van der Waals surface area contributed by atoms with Gasteiger partial charge in [-0.15, -0.1) is 0 Å². The second-order valence-corrected chi connectivity index (χ2v) is 27.0. The van der Waals surface area contributed by atoms with Crippen molar-refractivity contribution >= 4 is 115 Å². The van der Waals surface area contributed by atoms with E-state index in [9.17, 15) is 86.3 Å². The highest BCUT2D eigenvalue weighted by atomic mass is 33.1. The molecule has 0 aliphatic carbocycles. The number of hydrogen-bond donors (Lipinski definition) is 18. The first-order valence-electron chi connectivity index (χ1n) is 32.3. The summed E-state index contributed by atoms with van der Waals surface area (Å²) in [5.41, 5.74) is 13.9. The van der Waals surface area contributed by atoms with Gasteiger partial charge >= 0.3 is 30.1 Å². The SMILES string of the molecule is CC(C)[C@H](NC(=O)[C@@H]1CSSCC(NC(=O)[C@H](CC(=O)O)NC(=O)[C@@H]2CCCN2C(=O)[C@@H](NC(=O)[C@@H](N)CCC(=O)O)[C@@H](C)O)C(=O)NC(Cc2ccccc2)C(=O)N[C@@H](Cc2c[nH]c3ccccc23)C(=O)N[C@@H](CCCN)C(=O)NC(Cc2ccc(O)cc2)C(=O)N1)C(=O)O.O=C(O)C(F)(F)F. The summed E-state index contributed by atoms with van der Waals surface area (Å²) in [6.45, 7) is 4.15. The molecule has 38 heteroatoms. The van der Waals surface area contributed by atoms with Gasteiger partial charge in [-0.05, 0) is 86.4 Å². The van der Waals surface area contributed by atoms with Crippen LogP contribution in [0.2, 0.25) is 0 Å². The number of carbonyl (C=O) groups is 14. The molecule has 1 aromatic heterocycles. The maximum Gasteiger partial charge on any atom is 0.490 e. The molecular formula is C65H84F3N13O20S2. The lowest BCUT2D eigenvalue weighted by atomic mass is 10.0. The van der Waals surface area contributed by atoms with E-state index >= 15 is 9.59 Å². The molecule has 2 fully saturated rings. The zero-order chi connectivity index (χ0) is 76.4. The third kappa shape index (κ3) is 26.4. The summed E-state index contributed by atoms with van der Waals surface area (Å²) in [5.74, 6) is -18.8. The molecule has 0 spiro atoms. The monoisotopic (exact) mass is 1490 g/mol. The number of nitrogens with one attached hydrogen (secondary N) is 10. The van der Waals surface area contributed by atoms with Crippen molar-refractivity contribution in [1.29, 1.82) is 0 Å². The zero-order valence-corrected chi connectivity index (χ0v) is 57.6. The number of nitrogens with zero attached hydrogens (tertiary/aromatic N) is 1. The van der Waals surface area contributed by atoms with Gasteiger partial charge in [0.15, 0.2) is 0 Å². The number of H-pyrrole nitrogens is 1. The topological polar surface area (TPSA) is 540 Å². The average molecular weight is 1490 g/mol. The van der Waals surface area contributed by atoms with Crippen LogP contribution in [-0.2, 0) is 86.4 Å². The Morgan fingerprint density at radius 1 is 0.660 bits per heavy atom. The molecule has 0 saturated carbocycles. The molecular weight excluding hydrogens is 1400 g/mol. The molecule has 12 atom stereocenters. The number of aromatic hydroxyl groups is 1. The van der Waals surface area contributed by atoms with Crippen LogP contribution in [0, 0.1) is 5.92 Å². The number of aromatic nitrogens is 1. The van der Waals surface area contributed by atoms with Crippen LogP contribution in [-0.4, -0.2) is 227 Å². The number of fused-ring (bicyclic) bond motifs is 1. The van der Waals surface area contributed by atoms with Gasteiger partial charge in [0, 0.05) is 60.8 Å². The number of aliphatic hydroxyl groups is 1. The number of carboxylic acid groups (broad SMARTS) is 4. The number of carbonyl (C=O) groups excluding carboxylic acids is 10. The molecule has 2 aliphatic rings. The van der Waals surface area contributed by atoms with E-state index in [1.54, 1.807) is 60.8 Å². The lowest BCUT2D eigenvalue weighted by molar-refractivity contribution is -0.192. The highest BCUT2D eigenvalue weighted by molar-refractivity contribution is 8.76. The van der Waals surface area contributed by atoms with Crippen molar-refractivity contribution < 1.29 is 111 Å². The van der Waals surface area contributed by atoms with Crippen molar-refractivity contribution in [3.05, 3.63) is 102 Å². The predicted molar refractivity (Wildman–Crippen MR) is 364 cm³/mol. The Morgan fingerprint density at radius 2 is 1.21 bits per heavy atom. The van der Waals surface area contributed by atoms with Crippen molar-refractivity contribution in [2.24, 2.45) is 17.4 Å². The average Bonchev–Trinajstić information content (AvgIpc) is 1.73. The van der Waals surface area contributed by atoms with E-state index < -0.39 is 192 Å². The molecule has 2 aliphatic heterocycles. The molecule has 3 aromatic carbocycles. The zero-order valence-electron chi connectivity index (χ0n) is 55.9. The second-order valence-electron chi connectivity index (χ2n) is 24.5. The Labute approximate surface area is 594 Å². The molecule has 6 rings (SSSR count). The number of carboxylic acids is 4. The van der Waals surface area contributed by atoms with Crippen LogP contribution in [0.4, 0.5) is 13.2 Å². The number of para-hydroxylation sites is 1. The van der Waals surface area contributed by atoms with E-state index in [0.29, 0.717) is 27.6 Å². The van der Waals surface area contributed by atoms with Gasteiger partial charge in [-0.1, -0.05) is 96.1 Å². The van der Waals surface area contributed by atoms with Gasteiger partial charge in [0.05, 0.1) is 18.6 Å². The fraction of sp³-hybridized carbons (Fsp3) is 0.477. The van der Waals surface area contributed by atoms with E-state index in [4.69, 9.17) is 26.5 Å². The largest absolute Gasteiger partial charge is 0.508 e. The summed E-state index contributed by atoms with van der Waals surface area (Å²) >= 11 is 0. The van der Waals surface area contributed by atoms with E-state index in [0.717, 1.165) is 26.5 Å². The minimum Gasteiger partial charge on any atom is -0.508 e. The number of benzene rings is 3. The first kappa shape index (κ1) is 83.6. The summed E-state index contributed by atoms with van der Waals surface area (Å²) < 4.78 is 31.7. The van der Waals surface area contributed by atoms with Gasteiger partial charge in [-0.25, -0.2) is 9.59 Å².